The standard InChI is InChI=1S/C33H29Cl2N3O6/c1-42-22-5-6-25(27(34)11-22)23-3-2-4-26-24(23)7-8-30(26)44-32-12-31(43-18-20-9-19(13-36)14-37-15-20)21(10-28(32)35)16-38-29(17-39)33(40)41/h2-6,9-12,14-15,29-30,38-39H,7-8,16-18H2,1H3,(H,40,41)/t29-,30-/m0/s1. The molecule has 3 N–H and O–H groups in total. The average Bonchev–Trinajstić information content (AvgIpc) is 3.44. The summed E-state index contributed by atoms with van der Waals surface area (Å²) in [7, 11) is 1.60. The Labute approximate surface area is 264 Å². The lowest BCUT2D eigenvalue weighted by Crippen LogP contribution is -2.39. The topological polar surface area (TPSA) is 134 Å². The molecule has 0 unspecified atom stereocenters. The summed E-state index contributed by atoms with van der Waals surface area (Å²) >= 11 is 13.3. The molecule has 0 aliphatic heterocycles. The van der Waals surface area contributed by atoms with Crippen LogP contribution in [0.3, 0.4) is 0 Å². The molecule has 5 rings (SSSR count). The molecule has 2 atom stereocenters. The van der Waals surface area contributed by atoms with Gasteiger partial charge < -0.3 is 24.4 Å². The number of aliphatic hydroxyl groups is 1. The summed E-state index contributed by atoms with van der Waals surface area (Å²) in [6, 6.07) is 17.6. The Morgan fingerprint density at radius 2 is 1.95 bits per heavy atom. The van der Waals surface area contributed by atoms with Crippen molar-refractivity contribution in [3.63, 3.8) is 0 Å². The molecule has 0 spiro atoms. The summed E-state index contributed by atoms with van der Waals surface area (Å²) in [5, 5.41) is 31.7. The number of aliphatic hydroxyl groups excluding tert-OH is 1. The van der Waals surface area contributed by atoms with Crippen molar-refractivity contribution in [1.29, 1.82) is 5.26 Å². The lowest BCUT2D eigenvalue weighted by Gasteiger charge is -2.20. The van der Waals surface area contributed by atoms with Crippen molar-refractivity contribution in [3.8, 4) is 34.4 Å². The second kappa shape index (κ2) is 14.0. The van der Waals surface area contributed by atoms with Crippen molar-refractivity contribution in [1.82, 2.24) is 10.3 Å². The summed E-state index contributed by atoms with van der Waals surface area (Å²) in [5.41, 5.74) is 5.76. The minimum Gasteiger partial charge on any atom is -0.497 e. The zero-order valence-corrected chi connectivity index (χ0v) is 25.2. The van der Waals surface area contributed by atoms with Gasteiger partial charge in [-0.3, -0.25) is 15.1 Å². The molecule has 0 fully saturated rings. The van der Waals surface area contributed by atoms with Gasteiger partial charge in [0.25, 0.3) is 0 Å². The van der Waals surface area contributed by atoms with E-state index in [1.165, 1.54) is 6.20 Å². The van der Waals surface area contributed by atoms with Crippen LogP contribution in [-0.4, -0.2) is 40.9 Å². The average molecular weight is 635 g/mol. The highest BCUT2D eigenvalue weighted by Gasteiger charge is 2.28. The second-order valence-corrected chi connectivity index (χ2v) is 11.0. The number of halogens is 2. The molecule has 1 aliphatic rings. The van der Waals surface area contributed by atoms with E-state index in [0.29, 0.717) is 44.0 Å². The zero-order chi connectivity index (χ0) is 31.2. The molecule has 1 aromatic heterocycles. The predicted octanol–water partition coefficient (Wildman–Crippen LogP) is 6.12. The number of benzene rings is 3. The SMILES string of the molecule is COc1ccc(-c2cccc3c2CC[C@@H]3Oc2cc(OCc3cncc(C#N)c3)c(CN[C@@H](CO)C(=O)O)cc2Cl)c(Cl)c1. The number of nitrogens with zero attached hydrogens (tertiary/aromatic N) is 2. The van der Waals surface area contributed by atoms with E-state index < -0.39 is 18.6 Å². The Bertz CT molecular complexity index is 1720. The highest BCUT2D eigenvalue weighted by molar-refractivity contribution is 6.33. The number of nitriles is 1. The fourth-order valence-electron chi connectivity index (χ4n) is 5.18. The van der Waals surface area contributed by atoms with Gasteiger partial charge in [0.1, 0.15) is 42.1 Å². The first-order chi connectivity index (χ1) is 21.3. The van der Waals surface area contributed by atoms with Crippen LogP contribution in [-0.2, 0) is 24.4 Å². The van der Waals surface area contributed by atoms with Crippen LogP contribution in [0, 0.1) is 11.3 Å². The van der Waals surface area contributed by atoms with Crippen LogP contribution in [0.2, 0.25) is 10.0 Å². The number of carboxylic acid groups (broad SMARTS) is 1. The second-order valence-electron chi connectivity index (χ2n) is 10.2. The highest BCUT2D eigenvalue weighted by Crippen LogP contribution is 2.44. The fraction of sp³-hybridized carbons (Fsp3) is 0.242. The maximum Gasteiger partial charge on any atom is 0.323 e. The van der Waals surface area contributed by atoms with Crippen molar-refractivity contribution < 1.29 is 29.2 Å². The summed E-state index contributed by atoms with van der Waals surface area (Å²) in [6.45, 7) is -0.434. The molecule has 0 saturated heterocycles. The number of methoxy groups -OCH3 is 1. The number of pyridine rings is 1. The van der Waals surface area contributed by atoms with E-state index in [-0.39, 0.29) is 19.3 Å². The molecule has 4 aromatic rings. The number of hydrogen-bond acceptors (Lipinski definition) is 8. The molecule has 1 heterocycles. The summed E-state index contributed by atoms with van der Waals surface area (Å²) in [4.78, 5) is 15.5. The quantitative estimate of drug-likeness (QED) is 0.169. The molecule has 44 heavy (non-hydrogen) atoms. The third-order valence-electron chi connectivity index (χ3n) is 7.40. The van der Waals surface area contributed by atoms with E-state index in [9.17, 15) is 20.3 Å². The fourth-order valence-corrected chi connectivity index (χ4v) is 5.68. The first kappa shape index (κ1) is 31.1. The summed E-state index contributed by atoms with van der Waals surface area (Å²) in [6.07, 6.45) is 4.28. The summed E-state index contributed by atoms with van der Waals surface area (Å²) in [5.74, 6) is 0.300. The van der Waals surface area contributed by atoms with Gasteiger partial charge in [-0.05, 0) is 59.9 Å². The zero-order valence-electron chi connectivity index (χ0n) is 23.7. The lowest BCUT2D eigenvalue weighted by atomic mass is 9.96. The van der Waals surface area contributed by atoms with E-state index >= 15 is 0 Å². The molecule has 1 aliphatic carbocycles. The number of hydrogen-bond donors (Lipinski definition) is 3. The number of carboxylic acids is 1. The molecule has 3 aromatic carbocycles. The van der Waals surface area contributed by atoms with Gasteiger partial charge in [0.2, 0.25) is 0 Å². The van der Waals surface area contributed by atoms with E-state index in [1.54, 1.807) is 37.6 Å². The van der Waals surface area contributed by atoms with E-state index in [2.05, 4.69) is 16.4 Å². The van der Waals surface area contributed by atoms with Crippen molar-refractivity contribution in [2.24, 2.45) is 0 Å². The van der Waals surface area contributed by atoms with E-state index in [0.717, 1.165) is 35.1 Å². The minimum atomic E-state index is -1.18. The van der Waals surface area contributed by atoms with Crippen molar-refractivity contribution in [2.75, 3.05) is 13.7 Å². The van der Waals surface area contributed by atoms with Crippen LogP contribution < -0.4 is 19.5 Å². The van der Waals surface area contributed by atoms with Crippen molar-refractivity contribution in [3.05, 3.63) is 105 Å². The van der Waals surface area contributed by atoms with E-state index in [1.807, 2.05) is 30.3 Å². The first-order valence-electron chi connectivity index (χ1n) is 13.8. The highest BCUT2D eigenvalue weighted by atomic mass is 35.5. The van der Waals surface area contributed by atoms with Gasteiger partial charge in [-0.1, -0.05) is 41.4 Å². The molecule has 0 radical (unpaired) electrons. The molecule has 0 saturated carbocycles. The van der Waals surface area contributed by atoms with E-state index in [4.69, 9.17) is 37.4 Å². The molecule has 226 valence electrons. The number of carbonyl (C=O) groups is 1. The lowest BCUT2D eigenvalue weighted by molar-refractivity contribution is -0.140. The van der Waals surface area contributed by atoms with Crippen molar-refractivity contribution >= 4 is 29.2 Å². The first-order valence-corrected chi connectivity index (χ1v) is 14.6. The number of fused-ring (bicyclic) bond motifs is 1. The largest absolute Gasteiger partial charge is 0.497 e. The number of aliphatic carboxylic acids is 1. The monoisotopic (exact) mass is 633 g/mol. The Morgan fingerprint density at radius 3 is 2.68 bits per heavy atom. The number of aromatic nitrogens is 1. The van der Waals surface area contributed by atoms with Gasteiger partial charge in [-0.2, -0.15) is 5.26 Å². The van der Waals surface area contributed by atoms with Gasteiger partial charge >= 0.3 is 5.97 Å². The van der Waals surface area contributed by atoms with Gasteiger partial charge in [-0.25, -0.2) is 0 Å². The third-order valence-corrected chi connectivity index (χ3v) is 8.01. The maximum absolute atomic E-state index is 11.4. The minimum absolute atomic E-state index is 0.0571. The van der Waals surface area contributed by atoms with Gasteiger partial charge in [-0.15, -0.1) is 0 Å². The van der Waals surface area contributed by atoms with Crippen LogP contribution in [0.25, 0.3) is 11.1 Å². The molecule has 11 heteroatoms. The van der Waals surface area contributed by atoms with Crippen LogP contribution in [0.4, 0.5) is 0 Å². The Balaban J connectivity index is 1.43. The van der Waals surface area contributed by atoms with Crippen LogP contribution in [0.15, 0.2) is 67.0 Å². The number of rotatable bonds is 12. The number of nitrogens with one attached hydrogen (secondary N) is 1. The molecular weight excluding hydrogens is 605 g/mol. The molecular formula is C33H29Cl2N3O6. The smallest absolute Gasteiger partial charge is 0.323 e. The van der Waals surface area contributed by atoms with Crippen molar-refractivity contribution in [2.45, 2.75) is 38.1 Å². The Hall–Kier alpha value is -4.33. The third kappa shape index (κ3) is 6.90. The van der Waals surface area contributed by atoms with Gasteiger partial charge in [0.15, 0.2) is 0 Å². The Kier molecular flexibility index (Phi) is 9.88. The van der Waals surface area contributed by atoms with Gasteiger partial charge in [0, 0.05) is 41.7 Å². The van der Waals surface area contributed by atoms with Gasteiger partial charge in [0.05, 0.1) is 29.3 Å². The molecule has 0 bridgehead atoms. The predicted molar refractivity (Wildman–Crippen MR) is 165 cm³/mol. The number of ether oxygens (including phenoxy) is 3. The molecule has 9 nitrogen and oxygen atoms in total. The van der Waals surface area contributed by atoms with Crippen LogP contribution >= 0.6 is 23.2 Å². The molecule has 0 amide bonds. The Morgan fingerprint density at radius 1 is 1.11 bits per heavy atom. The maximum atomic E-state index is 11.4. The van der Waals surface area contributed by atoms with Crippen LogP contribution in [0.1, 0.15) is 40.3 Å². The van der Waals surface area contributed by atoms with Crippen LogP contribution in [0.5, 0.6) is 17.2 Å². The normalized spacial score (nSPS) is 14.4. The summed E-state index contributed by atoms with van der Waals surface area (Å²) < 4.78 is 17.9.